The lowest BCUT2D eigenvalue weighted by atomic mass is 10.0. The van der Waals surface area contributed by atoms with Crippen molar-refractivity contribution in [3.63, 3.8) is 0 Å². The molecule has 20 heavy (non-hydrogen) atoms. The van der Waals surface area contributed by atoms with Crippen LogP contribution < -0.4 is 0 Å². The summed E-state index contributed by atoms with van der Waals surface area (Å²) < 4.78 is 5.68. The summed E-state index contributed by atoms with van der Waals surface area (Å²) in [7, 11) is 0. The molecule has 0 heterocycles. The third-order valence-electron chi connectivity index (χ3n) is 3.21. The fraction of sp³-hybridized carbons (Fsp3) is 0.706. The first kappa shape index (κ1) is 18.8. The summed E-state index contributed by atoms with van der Waals surface area (Å²) in [5.74, 6) is 0.548. The van der Waals surface area contributed by atoms with E-state index in [1.54, 1.807) is 0 Å². The minimum absolute atomic E-state index is 0.242. The molecular weight excluding hydrogens is 248 g/mol. The Balaban J connectivity index is 4.35. The van der Waals surface area contributed by atoms with Crippen molar-refractivity contribution in [2.75, 3.05) is 19.7 Å². The average molecular weight is 280 g/mol. The second-order valence-corrected chi connectivity index (χ2v) is 5.80. The maximum absolute atomic E-state index is 8.10. The molecule has 0 bridgehead atoms. The van der Waals surface area contributed by atoms with Gasteiger partial charge >= 0.3 is 0 Å². The number of hydrogen-bond donors (Lipinski definition) is 1. The van der Waals surface area contributed by atoms with E-state index in [0.29, 0.717) is 25.6 Å². The number of unbranched alkanes of at least 4 members (excludes halogenated alkanes) is 1. The molecule has 0 fully saturated rings. The van der Waals surface area contributed by atoms with Crippen LogP contribution in [0.5, 0.6) is 0 Å². The molecule has 0 spiro atoms. The van der Waals surface area contributed by atoms with E-state index in [0.717, 1.165) is 17.6 Å². The number of nitrogens with one attached hydrogen (secondary N) is 1. The second kappa shape index (κ2) is 10.5. The smallest absolute Gasteiger partial charge is 0.284 e. The Labute approximate surface area is 125 Å². The monoisotopic (exact) mass is 280 g/mol. The molecule has 3 nitrogen and oxygen atoms in total. The SMILES string of the molecule is C=C(C)CN(CC(=C)C)C(=N)OC[C@@H](CC)CCCC. The van der Waals surface area contributed by atoms with Crippen LogP contribution in [0.4, 0.5) is 0 Å². The number of ether oxygens (including phenoxy) is 1. The van der Waals surface area contributed by atoms with Gasteiger partial charge in [0, 0.05) is 13.1 Å². The van der Waals surface area contributed by atoms with E-state index < -0.39 is 0 Å². The quantitative estimate of drug-likeness (QED) is 0.360. The van der Waals surface area contributed by atoms with Crippen molar-refractivity contribution < 1.29 is 4.74 Å². The van der Waals surface area contributed by atoms with Crippen molar-refractivity contribution in [2.45, 2.75) is 53.4 Å². The molecule has 0 aliphatic rings. The van der Waals surface area contributed by atoms with Gasteiger partial charge in [0.1, 0.15) is 0 Å². The predicted molar refractivity (Wildman–Crippen MR) is 88.2 cm³/mol. The Bertz CT molecular complexity index is 307. The van der Waals surface area contributed by atoms with E-state index in [4.69, 9.17) is 10.1 Å². The van der Waals surface area contributed by atoms with Gasteiger partial charge in [0.2, 0.25) is 0 Å². The topological polar surface area (TPSA) is 36.3 Å². The molecule has 0 aliphatic carbocycles. The molecule has 116 valence electrons. The maximum atomic E-state index is 8.10. The van der Waals surface area contributed by atoms with Gasteiger partial charge < -0.3 is 9.64 Å². The van der Waals surface area contributed by atoms with Crippen LogP contribution >= 0.6 is 0 Å². The van der Waals surface area contributed by atoms with Gasteiger partial charge in [-0.15, -0.1) is 0 Å². The van der Waals surface area contributed by atoms with Crippen LogP contribution in [0.2, 0.25) is 0 Å². The number of hydrogen-bond acceptors (Lipinski definition) is 2. The Morgan fingerprint density at radius 1 is 1.15 bits per heavy atom. The van der Waals surface area contributed by atoms with Crippen molar-refractivity contribution in [1.29, 1.82) is 5.41 Å². The lowest BCUT2D eigenvalue weighted by Crippen LogP contribution is -2.35. The van der Waals surface area contributed by atoms with E-state index in [2.05, 4.69) is 27.0 Å². The fourth-order valence-corrected chi connectivity index (χ4v) is 2.04. The first-order valence-corrected chi connectivity index (χ1v) is 7.65. The van der Waals surface area contributed by atoms with Crippen LogP contribution in [0.1, 0.15) is 53.4 Å². The zero-order valence-electron chi connectivity index (χ0n) is 13.8. The normalized spacial score (nSPS) is 11.8. The molecule has 0 radical (unpaired) electrons. The van der Waals surface area contributed by atoms with Crippen LogP contribution in [0.3, 0.4) is 0 Å². The summed E-state index contributed by atoms with van der Waals surface area (Å²) in [5, 5.41) is 8.10. The molecule has 0 unspecified atom stereocenters. The van der Waals surface area contributed by atoms with Crippen LogP contribution in [0.25, 0.3) is 0 Å². The van der Waals surface area contributed by atoms with Crippen LogP contribution in [-0.2, 0) is 4.74 Å². The predicted octanol–water partition coefficient (Wildman–Crippen LogP) is 4.61. The van der Waals surface area contributed by atoms with E-state index in [1.807, 2.05) is 18.7 Å². The number of amidine groups is 1. The summed E-state index contributed by atoms with van der Waals surface area (Å²) in [6.45, 7) is 18.1. The number of nitrogens with zero attached hydrogens (tertiary/aromatic N) is 1. The van der Waals surface area contributed by atoms with Gasteiger partial charge in [0.05, 0.1) is 6.61 Å². The molecule has 0 saturated carbocycles. The Morgan fingerprint density at radius 3 is 2.10 bits per heavy atom. The van der Waals surface area contributed by atoms with Crippen LogP contribution in [-0.4, -0.2) is 30.6 Å². The van der Waals surface area contributed by atoms with Gasteiger partial charge in [-0.05, 0) is 26.2 Å². The van der Waals surface area contributed by atoms with Crippen molar-refractivity contribution in [2.24, 2.45) is 5.92 Å². The summed E-state index contributed by atoms with van der Waals surface area (Å²) >= 11 is 0. The maximum Gasteiger partial charge on any atom is 0.284 e. The molecule has 0 saturated heterocycles. The van der Waals surface area contributed by atoms with Gasteiger partial charge in [-0.1, -0.05) is 57.4 Å². The third kappa shape index (κ3) is 8.78. The van der Waals surface area contributed by atoms with Crippen molar-refractivity contribution >= 4 is 6.02 Å². The average Bonchev–Trinajstić information content (AvgIpc) is 2.36. The van der Waals surface area contributed by atoms with Gasteiger partial charge in [-0.3, -0.25) is 5.41 Å². The van der Waals surface area contributed by atoms with E-state index in [1.165, 1.54) is 19.3 Å². The van der Waals surface area contributed by atoms with E-state index in [9.17, 15) is 0 Å². The van der Waals surface area contributed by atoms with Crippen molar-refractivity contribution in [3.05, 3.63) is 24.3 Å². The second-order valence-electron chi connectivity index (χ2n) is 5.80. The summed E-state index contributed by atoms with van der Waals surface area (Å²) in [6.07, 6.45) is 4.73. The summed E-state index contributed by atoms with van der Waals surface area (Å²) in [6, 6.07) is 0.242. The van der Waals surface area contributed by atoms with Gasteiger partial charge in [-0.2, -0.15) is 0 Å². The lowest BCUT2D eigenvalue weighted by molar-refractivity contribution is 0.184. The molecular formula is C17H32N2O. The largest absolute Gasteiger partial charge is 0.465 e. The molecule has 0 rings (SSSR count). The minimum atomic E-state index is 0.242. The third-order valence-corrected chi connectivity index (χ3v) is 3.21. The highest BCUT2D eigenvalue weighted by molar-refractivity contribution is 5.71. The van der Waals surface area contributed by atoms with Crippen LogP contribution in [0.15, 0.2) is 24.3 Å². The highest BCUT2D eigenvalue weighted by atomic mass is 16.5. The zero-order chi connectivity index (χ0) is 15.5. The zero-order valence-corrected chi connectivity index (χ0v) is 13.8. The first-order valence-electron chi connectivity index (χ1n) is 7.65. The van der Waals surface area contributed by atoms with Gasteiger partial charge in [0.25, 0.3) is 6.02 Å². The molecule has 0 aromatic carbocycles. The van der Waals surface area contributed by atoms with Crippen molar-refractivity contribution in [1.82, 2.24) is 4.90 Å². The molecule has 1 atom stereocenters. The Kier molecular flexibility index (Phi) is 9.87. The van der Waals surface area contributed by atoms with Gasteiger partial charge in [-0.25, -0.2) is 0 Å². The summed E-state index contributed by atoms with van der Waals surface area (Å²) in [5.41, 5.74) is 2.05. The van der Waals surface area contributed by atoms with E-state index in [-0.39, 0.29) is 6.02 Å². The molecule has 1 N–H and O–H groups in total. The van der Waals surface area contributed by atoms with Crippen molar-refractivity contribution in [3.8, 4) is 0 Å². The lowest BCUT2D eigenvalue weighted by Gasteiger charge is -2.26. The molecule has 3 heteroatoms. The molecule has 0 aromatic rings. The van der Waals surface area contributed by atoms with Crippen LogP contribution in [0, 0.1) is 11.3 Å². The Hall–Kier alpha value is -1.25. The standard InChI is InChI=1S/C17H32N2O/c1-7-9-10-16(8-2)13-20-17(18)19(11-14(3)4)12-15(5)6/h16,18H,3,5,7-13H2,1-2,4,6H3/t16-/m0/s1. The first-order chi connectivity index (χ1) is 9.40. The number of rotatable bonds is 10. The highest BCUT2D eigenvalue weighted by Crippen LogP contribution is 2.13. The van der Waals surface area contributed by atoms with E-state index >= 15 is 0 Å². The fourth-order valence-electron chi connectivity index (χ4n) is 2.04. The van der Waals surface area contributed by atoms with Gasteiger partial charge in [0.15, 0.2) is 0 Å². The highest BCUT2D eigenvalue weighted by Gasteiger charge is 2.14. The molecule has 0 aliphatic heterocycles. The Morgan fingerprint density at radius 2 is 1.70 bits per heavy atom. The molecule has 0 amide bonds. The summed E-state index contributed by atoms with van der Waals surface area (Å²) in [4.78, 5) is 1.89. The minimum Gasteiger partial charge on any atom is -0.465 e. The molecule has 0 aromatic heterocycles.